The zero-order valence-corrected chi connectivity index (χ0v) is 19.1. The van der Waals surface area contributed by atoms with Gasteiger partial charge in [-0.3, -0.25) is 9.59 Å². The Morgan fingerprint density at radius 1 is 1.03 bits per heavy atom. The molecule has 0 aliphatic heterocycles. The molecule has 0 bridgehead atoms. The molecule has 2 amide bonds. The van der Waals surface area contributed by atoms with Gasteiger partial charge in [0.05, 0.1) is 0 Å². The van der Waals surface area contributed by atoms with Gasteiger partial charge in [-0.25, -0.2) is 0 Å². The van der Waals surface area contributed by atoms with Crippen LogP contribution in [-0.4, -0.2) is 35.4 Å². The lowest BCUT2D eigenvalue weighted by atomic mass is 10.1. The van der Waals surface area contributed by atoms with E-state index in [-0.39, 0.29) is 24.5 Å². The van der Waals surface area contributed by atoms with Crippen molar-refractivity contribution in [2.24, 2.45) is 0 Å². The molecule has 0 heterocycles. The van der Waals surface area contributed by atoms with Crippen LogP contribution in [0.25, 0.3) is 0 Å². The number of hydrogen-bond donors (Lipinski definition) is 1. The molecular weight excluding hydrogens is 388 g/mol. The summed E-state index contributed by atoms with van der Waals surface area (Å²) in [7, 11) is 0. The zero-order chi connectivity index (χ0) is 22.4. The lowest BCUT2D eigenvalue weighted by Gasteiger charge is -2.30. The molecule has 1 N–H and O–H groups in total. The highest BCUT2D eigenvalue weighted by molar-refractivity contribution is 5.88. The summed E-state index contributed by atoms with van der Waals surface area (Å²) in [6.45, 7) is 8.05. The number of rotatable bonds is 8. The number of nitrogens with one attached hydrogen (secondary N) is 1. The van der Waals surface area contributed by atoms with Crippen LogP contribution in [0.5, 0.6) is 5.75 Å². The first-order valence-electron chi connectivity index (χ1n) is 11.2. The summed E-state index contributed by atoms with van der Waals surface area (Å²) >= 11 is 0. The van der Waals surface area contributed by atoms with E-state index < -0.39 is 6.04 Å². The third-order valence-corrected chi connectivity index (χ3v) is 6.04. The van der Waals surface area contributed by atoms with Gasteiger partial charge in [-0.1, -0.05) is 54.8 Å². The predicted octanol–water partition coefficient (Wildman–Crippen LogP) is 4.47. The van der Waals surface area contributed by atoms with E-state index in [1.165, 1.54) is 0 Å². The molecule has 1 atom stereocenters. The fourth-order valence-corrected chi connectivity index (χ4v) is 3.95. The molecule has 5 heteroatoms. The molecule has 0 saturated heterocycles. The second-order valence-corrected chi connectivity index (χ2v) is 8.73. The van der Waals surface area contributed by atoms with Crippen LogP contribution in [0.4, 0.5) is 0 Å². The van der Waals surface area contributed by atoms with Crippen LogP contribution in [0.3, 0.4) is 0 Å². The van der Waals surface area contributed by atoms with Crippen molar-refractivity contribution < 1.29 is 14.3 Å². The summed E-state index contributed by atoms with van der Waals surface area (Å²) in [5.74, 6) is 0.404. The summed E-state index contributed by atoms with van der Waals surface area (Å²) in [6.07, 6.45) is 4.32. The molecule has 5 nitrogen and oxygen atoms in total. The van der Waals surface area contributed by atoms with Crippen molar-refractivity contribution >= 4 is 11.8 Å². The van der Waals surface area contributed by atoms with Gasteiger partial charge >= 0.3 is 0 Å². The number of carbonyl (C=O) groups is 2. The maximum Gasteiger partial charge on any atom is 0.261 e. The van der Waals surface area contributed by atoms with Crippen LogP contribution in [0, 0.1) is 20.8 Å². The van der Waals surface area contributed by atoms with Crippen molar-refractivity contribution in [1.82, 2.24) is 10.2 Å². The first-order chi connectivity index (χ1) is 14.8. The second kappa shape index (κ2) is 10.5. The molecule has 1 aliphatic rings. The Labute approximate surface area is 185 Å². The van der Waals surface area contributed by atoms with Crippen molar-refractivity contribution in [2.75, 3.05) is 6.61 Å². The topological polar surface area (TPSA) is 58.6 Å². The van der Waals surface area contributed by atoms with E-state index in [2.05, 4.69) is 5.32 Å². The molecule has 3 rings (SSSR count). The number of benzene rings is 2. The van der Waals surface area contributed by atoms with E-state index in [1.54, 1.807) is 11.8 Å². The first-order valence-corrected chi connectivity index (χ1v) is 11.2. The molecule has 2 aromatic rings. The molecule has 166 valence electrons. The molecule has 0 unspecified atom stereocenters. The largest absolute Gasteiger partial charge is 0.483 e. The lowest BCUT2D eigenvalue weighted by Crippen LogP contribution is -2.50. The standard InChI is InChI=1S/C26H34N2O3/c1-18-10-13-22(14-11-18)16-28(21(4)26(30)27-23-7-5-6-8-23)25(29)17-31-24-15-19(2)9-12-20(24)3/h9-15,21,23H,5-8,16-17H2,1-4H3,(H,27,30)/t21-/m1/s1. The number of amides is 2. The molecule has 0 aromatic heterocycles. The summed E-state index contributed by atoms with van der Waals surface area (Å²) in [5.41, 5.74) is 4.21. The van der Waals surface area contributed by atoms with Crippen molar-refractivity contribution in [1.29, 1.82) is 0 Å². The van der Waals surface area contributed by atoms with E-state index in [9.17, 15) is 9.59 Å². The van der Waals surface area contributed by atoms with E-state index in [0.717, 1.165) is 47.9 Å². The number of carbonyl (C=O) groups excluding carboxylic acids is 2. The Balaban J connectivity index is 1.72. The van der Waals surface area contributed by atoms with Crippen LogP contribution in [-0.2, 0) is 16.1 Å². The van der Waals surface area contributed by atoms with Crippen LogP contribution in [0.15, 0.2) is 42.5 Å². The zero-order valence-electron chi connectivity index (χ0n) is 19.1. The Hall–Kier alpha value is -2.82. The van der Waals surface area contributed by atoms with E-state index in [0.29, 0.717) is 12.3 Å². The smallest absolute Gasteiger partial charge is 0.261 e. The first kappa shape index (κ1) is 22.9. The van der Waals surface area contributed by atoms with Gasteiger partial charge in [-0.05, 0) is 63.3 Å². The van der Waals surface area contributed by atoms with Gasteiger partial charge in [0.25, 0.3) is 5.91 Å². The van der Waals surface area contributed by atoms with Crippen LogP contribution < -0.4 is 10.1 Å². The summed E-state index contributed by atoms with van der Waals surface area (Å²) in [4.78, 5) is 27.7. The Morgan fingerprint density at radius 2 is 1.68 bits per heavy atom. The minimum Gasteiger partial charge on any atom is -0.483 e. The Kier molecular flexibility index (Phi) is 7.72. The van der Waals surface area contributed by atoms with Gasteiger partial charge in [0.15, 0.2) is 6.61 Å². The monoisotopic (exact) mass is 422 g/mol. The average Bonchev–Trinajstić information content (AvgIpc) is 3.26. The molecule has 2 aromatic carbocycles. The third-order valence-electron chi connectivity index (χ3n) is 6.04. The van der Waals surface area contributed by atoms with Crippen LogP contribution in [0.1, 0.15) is 54.9 Å². The van der Waals surface area contributed by atoms with Crippen molar-refractivity contribution in [3.63, 3.8) is 0 Å². The van der Waals surface area contributed by atoms with Crippen LogP contribution >= 0.6 is 0 Å². The summed E-state index contributed by atoms with van der Waals surface area (Å²) in [5, 5.41) is 3.13. The number of nitrogens with zero attached hydrogens (tertiary/aromatic N) is 1. The van der Waals surface area contributed by atoms with E-state index >= 15 is 0 Å². The van der Waals surface area contributed by atoms with Gasteiger partial charge in [-0.2, -0.15) is 0 Å². The van der Waals surface area contributed by atoms with Crippen molar-refractivity contribution in [3.8, 4) is 5.75 Å². The maximum atomic E-state index is 13.2. The molecule has 1 saturated carbocycles. The van der Waals surface area contributed by atoms with E-state index in [4.69, 9.17) is 4.74 Å². The Bertz CT molecular complexity index is 901. The van der Waals surface area contributed by atoms with Crippen LogP contribution in [0.2, 0.25) is 0 Å². The van der Waals surface area contributed by atoms with Gasteiger partial charge in [0.1, 0.15) is 11.8 Å². The minimum atomic E-state index is -0.573. The molecular formula is C26H34N2O3. The average molecular weight is 423 g/mol. The normalized spacial score (nSPS) is 14.8. The molecule has 31 heavy (non-hydrogen) atoms. The van der Waals surface area contributed by atoms with Gasteiger partial charge in [0, 0.05) is 12.6 Å². The fourth-order valence-electron chi connectivity index (χ4n) is 3.95. The third kappa shape index (κ3) is 6.33. The number of hydrogen-bond acceptors (Lipinski definition) is 3. The highest BCUT2D eigenvalue weighted by atomic mass is 16.5. The van der Waals surface area contributed by atoms with Gasteiger partial charge in [0.2, 0.25) is 5.91 Å². The minimum absolute atomic E-state index is 0.0981. The van der Waals surface area contributed by atoms with Crippen molar-refractivity contribution in [3.05, 3.63) is 64.7 Å². The highest BCUT2D eigenvalue weighted by Gasteiger charge is 2.28. The summed E-state index contributed by atoms with van der Waals surface area (Å²) in [6, 6.07) is 13.6. The van der Waals surface area contributed by atoms with Gasteiger partial charge < -0.3 is 15.0 Å². The Morgan fingerprint density at radius 3 is 2.35 bits per heavy atom. The molecule has 0 radical (unpaired) electrons. The molecule has 1 aliphatic carbocycles. The quantitative estimate of drug-likeness (QED) is 0.683. The summed E-state index contributed by atoms with van der Waals surface area (Å²) < 4.78 is 5.86. The number of ether oxygens (including phenoxy) is 1. The maximum absolute atomic E-state index is 13.2. The second-order valence-electron chi connectivity index (χ2n) is 8.73. The van der Waals surface area contributed by atoms with E-state index in [1.807, 2.05) is 63.2 Å². The SMILES string of the molecule is Cc1ccc(CN(C(=O)COc2cc(C)ccc2C)[C@H](C)C(=O)NC2CCCC2)cc1. The highest BCUT2D eigenvalue weighted by Crippen LogP contribution is 2.21. The van der Waals surface area contributed by atoms with Gasteiger partial charge in [-0.15, -0.1) is 0 Å². The van der Waals surface area contributed by atoms with Crippen molar-refractivity contribution in [2.45, 2.75) is 72.0 Å². The lowest BCUT2D eigenvalue weighted by molar-refractivity contribution is -0.142. The predicted molar refractivity (Wildman–Crippen MR) is 123 cm³/mol. The molecule has 1 fully saturated rings. The molecule has 0 spiro atoms. The fraction of sp³-hybridized carbons (Fsp3) is 0.462. The number of aryl methyl sites for hydroxylation is 3.